The van der Waals surface area contributed by atoms with E-state index in [1.165, 1.54) is 11.8 Å². The highest BCUT2D eigenvalue weighted by molar-refractivity contribution is 7.99. The van der Waals surface area contributed by atoms with Crippen LogP contribution in [0.2, 0.25) is 0 Å². The molecule has 0 bridgehead atoms. The maximum absolute atomic E-state index is 12.5. The van der Waals surface area contributed by atoms with Gasteiger partial charge in [0, 0.05) is 30.6 Å². The molecule has 0 aliphatic carbocycles. The third-order valence-corrected chi connectivity index (χ3v) is 5.81. The lowest BCUT2D eigenvalue weighted by Gasteiger charge is -2.09. The molecular weight excluding hydrogens is 428 g/mol. The first kappa shape index (κ1) is 23.3. The molecule has 0 saturated carbocycles. The van der Waals surface area contributed by atoms with Crippen LogP contribution in [0.5, 0.6) is 11.5 Å². The van der Waals surface area contributed by atoms with E-state index in [1.54, 1.807) is 62.8 Å². The Bertz CT molecular complexity index is 1050. The maximum atomic E-state index is 12.5. The van der Waals surface area contributed by atoms with E-state index in [-0.39, 0.29) is 17.4 Å². The molecule has 32 heavy (non-hydrogen) atoms. The zero-order chi connectivity index (χ0) is 22.9. The summed E-state index contributed by atoms with van der Waals surface area (Å²) in [7, 11) is 3.17. The zero-order valence-corrected chi connectivity index (χ0v) is 19.1. The molecular formula is C23H26N4O4S. The zero-order valence-electron chi connectivity index (χ0n) is 18.3. The van der Waals surface area contributed by atoms with Crippen molar-refractivity contribution in [2.24, 2.45) is 0 Å². The van der Waals surface area contributed by atoms with E-state index in [1.807, 2.05) is 11.5 Å². The van der Waals surface area contributed by atoms with E-state index in [0.29, 0.717) is 47.3 Å². The second-order valence-corrected chi connectivity index (χ2v) is 7.76. The van der Waals surface area contributed by atoms with Gasteiger partial charge in [-0.3, -0.25) is 9.59 Å². The number of nitrogens with one attached hydrogen (secondary N) is 1. The SMILES string of the molecule is CCn1c(CCNC(=O)c2ccc(OC)cc2)nnc1SCC(=O)c1ccc(OC)cc1. The number of rotatable bonds is 11. The molecule has 0 fully saturated rings. The number of thioether (sulfide) groups is 1. The van der Waals surface area contributed by atoms with E-state index in [4.69, 9.17) is 9.47 Å². The smallest absolute Gasteiger partial charge is 0.251 e. The van der Waals surface area contributed by atoms with Crippen LogP contribution in [0.1, 0.15) is 33.5 Å². The van der Waals surface area contributed by atoms with Crippen LogP contribution in [0.4, 0.5) is 0 Å². The third kappa shape index (κ3) is 5.88. The summed E-state index contributed by atoms with van der Waals surface area (Å²) in [5.41, 5.74) is 1.19. The summed E-state index contributed by atoms with van der Waals surface area (Å²) in [4.78, 5) is 24.8. The molecule has 168 valence electrons. The largest absolute Gasteiger partial charge is 0.497 e. The van der Waals surface area contributed by atoms with Gasteiger partial charge in [0.2, 0.25) is 0 Å². The normalized spacial score (nSPS) is 10.6. The number of benzene rings is 2. The van der Waals surface area contributed by atoms with Gasteiger partial charge in [-0.25, -0.2) is 0 Å². The molecule has 3 aromatic rings. The molecule has 0 unspecified atom stereocenters. The Morgan fingerprint density at radius 3 is 2.09 bits per heavy atom. The minimum absolute atomic E-state index is 0.0108. The average Bonchev–Trinajstić information content (AvgIpc) is 3.24. The van der Waals surface area contributed by atoms with Crippen LogP contribution in [0.15, 0.2) is 53.7 Å². The van der Waals surface area contributed by atoms with Gasteiger partial charge in [0.25, 0.3) is 5.91 Å². The van der Waals surface area contributed by atoms with Crippen LogP contribution >= 0.6 is 11.8 Å². The van der Waals surface area contributed by atoms with Gasteiger partial charge in [-0.2, -0.15) is 0 Å². The fraction of sp³-hybridized carbons (Fsp3) is 0.304. The predicted molar refractivity (Wildman–Crippen MR) is 123 cm³/mol. The number of nitrogens with zero attached hydrogens (tertiary/aromatic N) is 3. The summed E-state index contributed by atoms with van der Waals surface area (Å²) in [6.45, 7) is 3.10. The summed E-state index contributed by atoms with van der Waals surface area (Å²) in [5, 5.41) is 12.1. The highest BCUT2D eigenvalue weighted by Gasteiger charge is 2.15. The summed E-state index contributed by atoms with van der Waals surface area (Å²) >= 11 is 1.35. The quantitative estimate of drug-likeness (QED) is 0.351. The highest BCUT2D eigenvalue weighted by Crippen LogP contribution is 2.20. The van der Waals surface area contributed by atoms with Crippen LogP contribution in [0.3, 0.4) is 0 Å². The van der Waals surface area contributed by atoms with E-state index < -0.39 is 0 Å². The van der Waals surface area contributed by atoms with Crippen LogP contribution in [0, 0.1) is 0 Å². The van der Waals surface area contributed by atoms with Crippen molar-refractivity contribution in [2.75, 3.05) is 26.5 Å². The van der Waals surface area contributed by atoms with Gasteiger partial charge in [-0.05, 0) is 55.5 Å². The molecule has 0 atom stereocenters. The summed E-state index contributed by atoms with van der Waals surface area (Å²) in [6.07, 6.45) is 0.537. The number of amides is 1. The summed E-state index contributed by atoms with van der Waals surface area (Å²) < 4.78 is 12.2. The fourth-order valence-corrected chi connectivity index (χ4v) is 3.97. The Hall–Kier alpha value is -3.33. The molecule has 1 amide bonds. The molecule has 0 aliphatic rings. The first-order valence-electron chi connectivity index (χ1n) is 10.2. The predicted octanol–water partition coefficient (Wildman–Crippen LogP) is 3.26. The Morgan fingerprint density at radius 2 is 1.53 bits per heavy atom. The second kappa shape index (κ2) is 11.3. The standard InChI is InChI=1S/C23H26N4O4S/c1-4-27-21(13-14-24-22(29)17-7-11-19(31-3)12-8-17)25-26-23(27)32-15-20(28)16-5-9-18(30-2)10-6-16/h5-12H,4,13-15H2,1-3H3,(H,24,29). The minimum atomic E-state index is -0.157. The summed E-state index contributed by atoms with van der Waals surface area (Å²) in [6, 6.07) is 14.0. The Morgan fingerprint density at radius 1 is 0.938 bits per heavy atom. The third-order valence-electron chi connectivity index (χ3n) is 4.84. The number of carbonyl (C=O) groups excluding carboxylic acids is 2. The molecule has 3 rings (SSSR count). The van der Waals surface area contributed by atoms with Gasteiger partial charge in [-0.15, -0.1) is 10.2 Å². The van der Waals surface area contributed by atoms with Gasteiger partial charge < -0.3 is 19.4 Å². The number of carbonyl (C=O) groups is 2. The topological polar surface area (TPSA) is 95.3 Å². The van der Waals surface area contributed by atoms with Crippen molar-refractivity contribution >= 4 is 23.5 Å². The number of hydrogen-bond acceptors (Lipinski definition) is 7. The minimum Gasteiger partial charge on any atom is -0.497 e. The molecule has 0 radical (unpaired) electrons. The Kier molecular flexibility index (Phi) is 8.27. The monoisotopic (exact) mass is 454 g/mol. The number of Topliss-reactive ketones (excluding diaryl/α,β-unsaturated/α-hetero) is 1. The Labute approximate surface area is 191 Å². The molecule has 1 aromatic heterocycles. The van der Waals surface area contributed by atoms with Crippen LogP contribution in [-0.4, -0.2) is 53.0 Å². The second-order valence-electron chi connectivity index (χ2n) is 6.82. The van der Waals surface area contributed by atoms with Crippen molar-refractivity contribution in [3.05, 3.63) is 65.5 Å². The van der Waals surface area contributed by atoms with Crippen molar-refractivity contribution in [3.8, 4) is 11.5 Å². The number of ketones is 1. The van der Waals surface area contributed by atoms with Crippen LogP contribution in [-0.2, 0) is 13.0 Å². The number of aromatic nitrogens is 3. The number of ether oxygens (including phenoxy) is 2. The van der Waals surface area contributed by atoms with Gasteiger partial charge in [0.15, 0.2) is 10.9 Å². The lowest BCUT2D eigenvalue weighted by Crippen LogP contribution is -2.26. The van der Waals surface area contributed by atoms with Gasteiger partial charge in [0.05, 0.1) is 20.0 Å². The van der Waals surface area contributed by atoms with Crippen LogP contribution < -0.4 is 14.8 Å². The van der Waals surface area contributed by atoms with E-state index in [0.717, 1.165) is 5.82 Å². The van der Waals surface area contributed by atoms with E-state index in [2.05, 4.69) is 15.5 Å². The molecule has 8 nitrogen and oxygen atoms in total. The van der Waals surface area contributed by atoms with Gasteiger partial charge in [0.1, 0.15) is 17.3 Å². The number of hydrogen-bond donors (Lipinski definition) is 1. The molecule has 0 saturated heterocycles. The molecule has 0 aliphatic heterocycles. The van der Waals surface area contributed by atoms with E-state index >= 15 is 0 Å². The maximum Gasteiger partial charge on any atom is 0.251 e. The molecule has 1 heterocycles. The Balaban J connectivity index is 1.53. The average molecular weight is 455 g/mol. The molecule has 0 spiro atoms. The highest BCUT2D eigenvalue weighted by atomic mass is 32.2. The van der Waals surface area contributed by atoms with E-state index in [9.17, 15) is 9.59 Å². The number of methoxy groups -OCH3 is 2. The molecule has 1 N–H and O–H groups in total. The first-order valence-corrected chi connectivity index (χ1v) is 11.2. The molecule has 9 heteroatoms. The van der Waals surface area contributed by atoms with Crippen molar-refractivity contribution in [1.82, 2.24) is 20.1 Å². The summed E-state index contributed by atoms with van der Waals surface area (Å²) in [5.74, 6) is 2.30. The molecule has 2 aromatic carbocycles. The van der Waals surface area contributed by atoms with Crippen molar-refractivity contribution in [2.45, 2.75) is 25.0 Å². The fourth-order valence-electron chi connectivity index (χ4n) is 3.05. The van der Waals surface area contributed by atoms with Crippen molar-refractivity contribution in [1.29, 1.82) is 0 Å². The van der Waals surface area contributed by atoms with Gasteiger partial charge >= 0.3 is 0 Å². The van der Waals surface area contributed by atoms with Crippen LogP contribution in [0.25, 0.3) is 0 Å². The van der Waals surface area contributed by atoms with Crippen molar-refractivity contribution in [3.63, 3.8) is 0 Å². The van der Waals surface area contributed by atoms with Crippen molar-refractivity contribution < 1.29 is 19.1 Å². The van der Waals surface area contributed by atoms with Gasteiger partial charge in [-0.1, -0.05) is 11.8 Å². The lowest BCUT2D eigenvalue weighted by atomic mass is 10.1. The lowest BCUT2D eigenvalue weighted by molar-refractivity contribution is 0.0952. The first-order chi connectivity index (χ1) is 15.5.